The number of rotatable bonds is 2. The molecule has 0 atom stereocenters. The van der Waals surface area contributed by atoms with Crippen molar-refractivity contribution in [3.8, 4) is 5.88 Å². The lowest BCUT2D eigenvalue weighted by atomic mass is 10.6. The van der Waals surface area contributed by atoms with E-state index in [0.29, 0.717) is 0 Å². The zero-order valence-corrected chi connectivity index (χ0v) is 6.58. The Bertz CT molecular complexity index is 239. The van der Waals surface area contributed by atoms with Gasteiger partial charge >= 0.3 is 6.18 Å². The van der Waals surface area contributed by atoms with Gasteiger partial charge in [-0.3, -0.25) is 0 Å². The summed E-state index contributed by atoms with van der Waals surface area (Å²) in [6.45, 7) is -1.33. The van der Waals surface area contributed by atoms with Gasteiger partial charge in [0.25, 0.3) is 0 Å². The number of hydrogen-bond donors (Lipinski definition) is 1. The molecule has 0 aromatic carbocycles. The van der Waals surface area contributed by atoms with E-state index in [2.05, 4.69) is 14.7 Å². The van der Waals surface area contributed by atoms with Crippen LogP contribution in [0.1, 0.15) is 0 Å². The van der Waals surface area contributed by atoms with Gasteiger partial charge in [-0.2, -0.15) is 13.2 Å². The Morgan fingerprint density at radius 3 is 2.54 bits per heavy atom. The number of hydrogen-bond acceptors (Lipinski definition) is 4. The van der Waals surface area contributed by atoms with Gasteiger partial charge in [-0.25, -0.2) is 9.97 Å². The van der Waals surface area contributed by atoms with Crippen LogP contribution in [0.15, 0.2) is 18.6 Å². The fourth-order valence-electron chi connectivity index (χ4n) is 0.520. The third-order valence-corrected chi connectivity index (χ3v) is 0.939. The lowest BCUT2D eigenvalue weighted by molar-refractivity contribution is -0.154. The molecule has 0 unspecified atom stereocenters. The highest BCUT2D eigenvalue weighted by molar-refractivity contribution is 5.04. The van der Waals surface area contributed by atoms with Crippen molar-refractivity contribution in [3.05, 3.63) is 18.6 Å². The average molecular weight is 195 g/mol. The highest BCUT2D eigenvalue weighted by atomic mass is 19.4. The molecule has 1 aromatic rings. The molecule has 0 bridgehead atoms. The molecule has 74 valence electrons. The summed E-state index contributed by atoms with van der Waals surface area (Å²) in [5, 5.41) is 0. The Morgan fingerprint density at radius 1 is 1.38 bits per heavy atom. The average Bonchev–Trinajstić information content (AvgIpc) is 2.02. The maximum atomic E-state index is 11.6. The fraction of sp³-hybridized carbons (Fsp3) is 0.333. The number of alkyl halides is 3. The molecule has 0 saturated carbocycles. The van der Waals surface area contributed by atoms with Crippen molar-refractivity contribution in [1.29, 1.82) is 0 Å². The first-order valence-corrected chi connectivity index (χ1v) is 3.03. The summed E-state index contributed by atoms with van der Waals surface area (Å²) in [6.07, 6.45) is -1.91. The van der Waals surface area contributed by atoms with Crippen molar-refractivity contribution >= 4 is 0 Å². The van der Waals surface area contributed by atoms with E-state index in [1.54, 1.807) is 0 Å². The van der Waals surface area contributed by atoms with Gasteiger partial charge < -0.3 is 10.9 Å². The summed E-state index contributed by atoms with van der Waals surface area (Å²) >= 11 is 0. The molecule has 1 rings (SSSR count). The van der Waals surface area contributed by atoms with Crippen LogP contribution in [0.3, 0.4) is 0 Å². The molecule has 0 spiro atoms. The van der Waals surface area contributed by atoms with Crippen LogP contribution < -0.4 is 10.9 Å². The summed E-state index contributed by atoms with van der Waals surface area (Å²) in [6, 6.07) is 1.26. The summed E-state index contributed by atoms with van der Waals surface area (Å²) in [5.41, 5.74) is 0. The van der Waals surface area contributed by atoms with Crippen LogP contribution in [0.5, 0.6) is 5.88 Å². The second kappa shape index (κ2) is 4.61. The first-order chi connectivity index (χ1) is 5.58. The molecule has 0 aliphatic rings. The molecule has 1 aromatic heterocycles. The smallest absolute Gasteiger partial charge is 0.422 e. The van der Waals surface area contributed by atoms with Gasteiger partial charge in [0.05, 0.1) is 0 Å². The minimum absolute atomic E-state index is 0. The molecular weight excluding hydrogens is 187 g/mol. The topological polar surface area (TPSA) is 70.0 Å². The van der Waals surface area contributed by atoms with Gasteiger partial charge in [-0.05, 0) is 0 Å². The Balaban J connectivity index is 0.00000144. The van der Waals surface area contributed by atoms with E-state index in [9.17, 15) is 13.2 Å². The lowest BCUT2D eigenvalue weighted by Gasteiger charge is -2.06. The minimum atomic E-state index is -4.33. The second-order valence-corrected chi connectivity index (χ2v) is 1.95. The van der Waals surface area contributed by atoms with Crippen LogP contribution >= 0.6 is 0 Å². The van der Waals surface area contributed by atoms with Crippen molar-refractivity contribution in [3.63, 3.8) is 0 Å². The van der Waals surface area contributed by atoms with E-state index in [-0.39, 0.29) is 12.0 Å². The molecule has 3 N–H and O–H groups in total. The summed E-state index contributed by atoms with van der Waals surface area (Å²) < 4.78 is 39.0. The molecular formula is C6H8F3N3O. The van der Waals surface area contributed by atoms with Crippen molar-refractivity contribution in [2.45, 2.75) is 6.18 Å². The Kier molecular flexibility index (Phi) is 4.12. The van der Waals surface area contributed by atoms with Crippen LogP contribution in [-0.2, 0) is 0 Å². The molecule has 7 heteroatoms. The van der Waals surface area contributed by atoms with E-state index in [0.717, 1.165) is 6.33 Å². The third-order valence-electron chi connectivity index (χ3n) is 0.939. The zero-order chi connectivity index (χ0) is 9.03. The molecule has 0 aliphatic carbocycles. The SMILES string of the molecule is FC(F)(F)COc1ccncn1.N. The van der Waals surface area contributed by atoms with Gasteiger partial charge in [-0.1, -0.05) is 0 Å². The molecule has 0 radical (unpaired) electrons. The van der Waals surface area contributed by atoms with E-state index >= 15 is 0 Å². The van der Waals surface area contributed by atoms with Crippen LogP contribution in [0, 0.1) is 0 Å². The van der Waals surface area contributed by atoms with Gasteiger partial charge in [0.1, 0.15) is 6.33 Å². The Morgan fingerprint density at radius 2 is 2.08 bits per heavy atom. The maximum Gasteiger partial charge on any atom is 0.422 e. The summed E-state index contributed by atoms with van der Waals surface area (Å²) in [7, 11) is 0. The van der Waals surface area contributed by atoms with Crippen LogP contribution in [0.25, 0.3) is 0 Å². The van der Waals surface area contributed by atoms with E-state index in [1.165, 1.54) is 12.3 Å². The fourth-order valence-corrected chi connectivity index (χ4v) is 0.520. The molecule has 1 heterocycles. The zero-order valence-electron chi connectivity index (χ0n) is 6.58. The highest BCUT2D eigenvalue weighted by Crippen LogP contribution is 2.15. The third kappa shape index (κ3) is 4.96. The Labute approximate surface area is 72.3 Å². The largest absolute Gasteiger partial charge is 0.468 e. The van der Waals surface area contributed by atoms with Gasteiger partial charge in [0.2, 0.25) is 5.88 Å². The van der Waals surface area contributed by atoms with Crippen LogP contribution in [-0.4, -0.2) is 22.8 Å². The number of aromatic nitrogens is 2. The first kappa shape index (κ1) is 11.6. The predicted molar refractivity (Wildman–Crippen MR) is 38.6 cm³/mol. The van der Waals surface area contributed by atoms with E-state index in [4.69, 9.17) is 0 Å². The molecule has 4 nitrogen and oxygen atoms in total. The quantitative estimate of drug-likeness (QED) is 0.777. The number of nitrogens with zero attached hydrogens (tertiary/aromatic N) is 2. The molecule has 0 fully saturated rings. The molecule has 13 heavy (non-hydrogen) atoms. The second-order valence-electron chi connectivity index (χ2n) is 1.95. The van der Waals surface area contributed by atoms with Crippen molar-refractivity contribution in [1.82, 2.24) is 16.1 Å². The number of ether oxygens (including phenoxy) is 1. The van der Waals surface area contributed by atoms with Crippen LogP contribution in [0.4, 0.5) is 13.2 Å². The highest BCUT2D eigenvalue weighted by Gasteiger charge is 2.28. The van der Waals surface area contributed by atoms with Gasteiger partial charge in [0, 0.05) is 12.3 Å². The summed E-state index contributed by atoms with van der Waals surface area (Å²) in [5.74, 6) is -0.0812. The van der Waals surface area contributed by atoms with E-state index < -0.39 is 12.8 Å². The van der Waals surface area contributed by atoms with Gasteiger partial charge in [0.15, 0.2) is 6.61 Å². The van der Waals surface area contributed by atoms with Crippen molar-refractivity contribution < 1.29 is 17.9 Å². The normalized spacial score (nSPS) is 10.4. The summed E-state index contributed by atoms with van der Waals surface area (Å²) in [4.78, 5) is 6.97. The molecule has 0 amide bonds. The van der Waals surface area contributed by atoms with Gasteiger partial charge in [-0.15, -0.1) is 0 Å². The van der Waals surface area contributed by atoms with Crippen molar-refractivity contribution in [2.75, 3.05) is 6.61 Å². The van der Waals surface area contributed by atoms with Crippen LogP contribution in [0.2, 0.25) is 0 Å². The Hall–Kier alpha value is -1.37. The first-order valence-electron chi connectivity index (χ1n) is 3.03. The molecule has 0 saturated heterocycles. The monoisotopic (exact) mass is 195 g/mol. The minimum Gasteiger partial charge on any atom is -0.468 e. The number of halogens is 3. The van der Waals surface area contributed by atoms with E-state index in [1.807, 2.05) is 0 Å². The predicted octanol–water partition coefficient (Wildman–Crippen LogP) is 1.58. The lowest BCUT2D eigenvalue weighted by Crippen LogP contribution is -2.19. The standard InChI is InChI=1S/C6H5F3N2O.H3N/c7-6(8,9)3-12-5-1-2-10-4-11-5;/h1-2,4H,3H2;1H3. The van der Waals surface area contributed by atoms with Crippen molar-refractivity contribution in [2.24, 2.45) is 0 Å². The molecule has 0 aliphatic heterocycles. The maximum absolute atomic E-state index is 11.6.